The van der Waals surface area contributed by atoms with E-state index in [-0.39, 0.29) is 0 Å². The van der Waals surface area contributed by atoms with Gasteiger partial charge in [0, 0.05) is 31.8 Å². The predicted octanol–water partition coefficient (Wildman–Crippen LogP) is 1.63. The molecule has 3 fully saturated rings. The zero-order chi connectivity index (χ0) is 11.7. The minimum Gasteiger partial charge on any atom is -0.383 e. The second-order valence-corrected chi connectivity index (χ2v) is 6.06. The Labute approximate surface area is 105 Å². The quantitative estimate of drug-likeness (QED) is 0.788. The molecule has 3 aliphatic rings. The van der Waals surface area contributed by atoms with E-state index in [0.717, 1.165) is 24.6 Å². The van der Waals surface area contributed by atoms with Gasteiger partial charge in [0.1, 0.15) is 0 Å². The van der Waals surface area contributed by atoms with Crippen LogP contribution in [0.25, 0.3) is 0 Å². The molecule has 0 aromatic carbocycles. The molecule has 2 aliphatic heterocycles. The highest BCUT2D eigenvalue weighted by Crippen LogP contribution is 2.34. The summed E-state index contributed by atoms with van der Waals surface area (Å²) < 4.78 is 5.38. The van der Waals surface area contributed by atoms with Gasteiger partial charge in [0.25, 0.3) is 0 Å². The Morgan fingerprint density at radius 2 is 2.06 bits per heavy atom. The standard InChI is InChI=1S/C14H26N2O/c1-17-10-13(11-5-6-11)15-12-7-9-16-8-3-2-4-14(12)16/h11-15H,2-10H2,1H3. The van der Waals surface area contributed by atoms with Gasteiger partial charge in [-0.25, -0.2) is 0 Å². The van der Waals surface area contributed by atoms with Gasteiger partial charge in [-0.15, -0.1) is 0 Å². The van der Waals surface area contributed by atoms with Crippen LogP contribution in [-0.4, -0.2) is 49.8 Å². The molecule has 98 valence electrons. The van der Waals surface area contributed by atoms with E-state index in [0.29, 0.717) is 6.04 Å². The second kappa shape index (κ2) is 5.25. The Hall–Kier alpha value is -0.120. The topological polar surface area (TPSA) is 24.5 Å². The number of fused-ring (bicyclic) bond motifs is 1. The second-order valence-electron chi connectivity index (χ2n) is 6.06. The molecule has 17 heavy (non-hydrogen) atoms. The number of hydrogen-bond acceptors (Lipinski definition) is 3. The van der Waals surface area contributed by atoms with Crippen LogP contribution in [0.3, 0.4) is 0 Å². The van der Waals surface area contributed by atoms with Crippen molar-refractivity contribution in [3.05, 3.63) is 0 Å². The molecule has 3 nitrogen and oxygen atoms in total. The first-order valence-electron chi connectivity index (χ1n) is 7.37. The molecule has 3 atom stereocenters. The first kappa shape index (κ1) is 11.9. The Morgan fingerprint density at radius 1 is 1.18 bits per heavy atom. The molecule has 0 aromatic heterocycles. The molecule has 3 heteroatoms. The summed E-state index contributed by atoms with van der Waals surface area (Å²) >= 11 is 0. The monoisotopic (exact) mass is 238 g/mol. The number of rotatable bonds is 5. The first-order chi connectivity index (χ1) is 8.38. The van der Waals surface area contributed by atoms with Gasteiger partial charge in [0.2, 0.25) is 0 Å². The van der Waals surface area contributed by atoms with Crippen molar-refractivity contribution < 1.29 is 4.74 Å². The lowest BCUT2D eigenvalue weighted by molar-refractivity contribution is 0.134. The normalized spacial score (nSPS) is 35.8. The van der Waals surface area contributed by atoms with E-state index in [1.807, 2.05) is 7.11 Å². The van der Waals surface area contributed by atoms with Crippen molar-refractivity contribution in [3.8, 4) is 0 Å². The molecule has 3 unspecified atom stereocenters. The third kappa shape index (κ3) is 2.67. The van der Waals surface area contributed by atoms with E-state index >= 15 is 0 Å². The van der Waals surface area contributed by atoms with Gasteiger partial charge in [-0.1, -0.05) is 6.42 Å². The molecule has 0 bridgehead atoms. The molecule has 1 aliphatic carbocycles. The first-order valence-corrected chi connectivity index (χ1v) is 7.37. The van der Waals surface area contributed by atoms with Crippen molar-refractivity contribution in [2.75, 3.05) is 26.8 Å². The zero-order valence-electron chi connectivity index (χ0n) is 11.0. The van der Waals surface area contributed by atoms with Gasteiger partial charge in [0.05, 0.1) is 6.61 Å². The predicted molar refractivity (Wildman–Crippen MR) is 69.1 cm³/mol. The number of piperidine rings is 1. The number of nitrogens with one attached hydrogen (secondary N) is 1. The average molecular weight is 238 g/mol. The molecule has 1 N–H and O–H groups in total. The Bertz CT molecular complexity index is 255. The molecule has 2 saturated heterocycles. The highest BCUT2D eigenvalue weighted by atomic mass is 16.5. The summed E-state index contributed by atoms with van der Waals surface area (Å²) in [6.07, 6.45) is 8.40. The van der Waals surface area contributed by atoms with Gasteiger partial charge in [-0.2, -0.15) is 0 Å². The van der Waals surface area contributed by atoms with E-state index in [2.05, 4.69) is 10.2 Å². The van der Waals surface area contributed by atoms with Gasteiger partial charge >= 0.3 is 0 Å². The molecule has 0 radical (unpaired) electrons. The summed E-state index contributed by atoms with van der Waals surface area (Å²) in [5.41, 5.74) is 0. The molecular weight excluding hydrogens is 212 g/mol. The van der Waals surface area contributed by atoms with E-state index in [1.165, 1.54) is 51.6 Å². The maximum atomic E-state index is 5.38. The van der Waals surface area contributed by atoms with Crippen molar-refractivity contribution >= 4 is 0 Å². The van der Waals surface area contributed by atoms with Crippen molar-refractivity contribution in [2.45, 2.75) is 56.7 Å². The fraction of sp³-hybridized carbons (Fsp3) is 1.00. The van der Waals surface area contributed by atoms with Crippen LogP contribution in [-0.2, 0) is 4.74 Å². The Balaban J connectivity index is 1.56. The fourth-order valence-electron chi connectivity index (χ4n) is 3.72. The zero-order valence-corrected chi connectivity index (χ0v) is 11.0. The van der Waals surface area contributed by atoms with Crippen LogP contribution >= 0.6 is 0 Å². The lowest BCUT2D eigenvalue weighted by atomic mass is 9.98. The minimum absolute atomic E-state index is 0.617. The molecular formula is C14H26N2O. The maximum Gasteiger partial charge on any atom is 0.0618 e. The van der Waals surface area contributed by atoms with E-state index in [4.69, 9.17) is 4.74 Å². The van der Waals surface area contributed by atoms with Crippen LogP contribution in [0.4, 0.5) is 0 Å². The smallest absolute Gasteiger partial charge is 0.0618 e. The lowest BCUT2D eigenvalue weighted by Crippen LogP contribution is -2.50. The van der Waals surface area contributed by atoms with Gasteiger partial charge < -0.3 is 10.1 Å². The van der Waals surface area contributed by atoms with E-state index in [1.54, 1.807) is 0 Å². The molecule has 2 heterocycles. The highest BCUT2D eigenvalue weighted by Gasteiger charge is 2.39. The largest absolute Gasteiger partial charge is 0.383 e. The number of ether oxygens (including phenoxy) is 1. The summed E-state index contributed by atoms with van der Waals surface area (Å²) in [5.74, 6) is 0.896. The molecule has 3 rings (SSSR count). The average Bonchev–Trinajstić information content (AvgIpc) is 3.12. The van der Waals surface area contributed by atoms with Crippen molar-refractivity contribution in [2.24, 2.45) is 5.92 Å². The number of methoxy groups -OCH3 is 1. The van der Waals surface area contributed by atoms with Crippen LogP contribution in [0.15, 0.2) is 0 Å². The summed E-state index contributed by atoms with van der Waals surface area (Å²) in [7, 11) is 1.83. The third-order valence-electron chi connectivity index (χ3n) is 4.82. The summed E-state index contributed by atoms with van der Waals surface area (Å²) in [6, 6.07) is 2.17. The molecule has 0 aromatic rings. The Morgan fingerprint density at radius 3 is 2.82 bits per heavy atom. The van der Waals surface area contributed by atoms with Crippen LogP contribution in [0.1, 0.15) is 38.5 Å². The van der Waals surface area contributed by atoms with E-state index < -0.39 is 0 Å². The van der Waals surface area contributed by atoms with Gasteiger partial charge in [0.15, 0.2) is 0 Å². The van der Waals surface area contributed by atoms with Crippen LogP contribution in [0, 0.1) is 5.92 Å². The SMILES string of the molecule is COCC(NC1CCN2CCCCC12)C1CC1. The van der Waals surface area contributed by atoms with Gasteiger partial charge in [-0.05, 0) is 44.6 Å². The van der Waals surface area contributed by atoms with Gasteiger partial charge in [-0.3, -0.25) is 4.90 Å². The summed E-state index contributed by atoms with van der Waals surface area (Å²) in [4.78, 5) is 2.71. The maximum absolute atomic E-state index is 5.38. The summed E-state index contributed by atoms with van der Waals surface area (Å²) in [6.45, 7) is 3.54. The van der Waals surface area contributed by atoms with E-state index in [9.17, 15) is 0 Å². The third-order valence-corrected chi connectivity index (χ3v) is 4.82. The summed E-state index contributed by atoms with van der Waals surface area (Å²) in [5, 5.41) is 3.91. The number of hydrogen-bond donors (Lipinski definition) is 1. The molecule has 0 amide bonds. The van der Waals surface area contributed by atoms with Crippen LogP contribution < -0.4 is 5.32 Å². The number of nitrogens with zero attached hydrogens (tertiary/aromatic N) is 1. The molecule has 1 saturated carbocycles. The molecule has 0 spiro atoms. The van der Waals surface area contributed by atoms with Crippen molar-refractivity contribution in [1.82, 2.24) is 10.2 Å². The van der Waals surface area contributed by atoms with Crippen LogP contribution in [0.2, 0.25) is 0 Å². The Kier molecular flexibility index (Phi) is 3.69. The van der Waals surface area contributed by atoms with Crippen molar-refractivity contribution in [3.63, 3.8) is 0 Å². The lowest BCUT2D eigenvalue weighted by Gasteiger charge is -2.34. The van der Waals surface area contributed by atoms with Crippen LogP contribution in [0.5, 0.6) is 0 Å². The minimum atomic E-state index is 0.617. The highest BCUT2D eigenvalue weighted by molar-refractivity contribution is 4.97. The van der Waals surface area contributed by atoms with Crippen molar-refractivity contribution in [1.29, 1.82) is 0 Å². The fourth-order valence-corrected chi connectivity index (χ4v) is 3.72.